The SMILES string of the molecule is Oc1cnc2nccnc2c1. The molecular weight excluding hydrogens is 142 g/mol. The maximum atomic E-state index is 9.00. The van der Waals surface area contributed by atoms with E-state index in [2.05, 4.69) is 15.0 Å². The molecule has 0 aromatic carbocycles. The van der Waals surface area contributed by atoms with Crippen molar-refractivity contribution in [2.75, 3.05) is 0 Å². The Morgan fingerprint density at radius 3 is 2.82 bits per heavy atom. The predicted octanol–water partition coefficient (Wildman–Crippen LogP) is 0.730. The standard InChI is InChI=1S/C7H5N3O/c11-5-3-6-7(10-4-5)9-2-1-8-6/h1-4,11H. The van der Waals surface area contributed by atoms with E-state index < -0.39 is 0 Å². The minimum absolute atomic E-state index is 0.109. The third-order valence-electron chi connectivity index (χ3n) is 1.31. The summed E-state index contributed by atoms with van der Waals surface area (Å²) in [5, 5.41) is 9.00. The Balaban J connectivity index is 2.83. The van der Waals surface area contributed by atoms with Crippen LogP contribution in [0.5, 0.6) is 5.75 Å². The fraction of sp³-hybridized carbons (Fsp3) is 0. The number of fused-ring (bicyclic) bond motifs is 1. The van der Waals surface area contributed by atoms with Gasteiger partial charge in [-0.05, 0) is 0 Å². The Morgan fingerprint density at radius 2 is 1.91 bits per heavy atom. The summed E-state index contributed by atoms with van der Waals surface area (Å²) in [6, 6.07) is 1.52. The van der Waals surface area contributed by atoms with Crippen LogP contribution in [-0.2, 0) is 0 Å². The molecule has 0 aliphatic carbocycles. The van der Waals surface area contributed by atoms with Crippen LogP contribution in [-0.4, -0.2) is 20.1 Å². The average molecular weight is 147 g/mol. The number of nitrogens with zero attached hydrogens (tertiary/aromatic N) is 3. The summed E-state index contributed by atoms with van der Waals surface area (Å²) in [5.74, 6) is 0.109. The van der Waals surface area contributed by atoms with E-state index in [0.29, 0.717) is 11.2 Å². The molecule has 2 rings (SSSR count). The first-order valence-corrected chi connectivity index (χ1v) is 3.12. The number of aromatic hydroxyl groups is 1. The summed E-state index contributed by atoms with van der Waals surface area (Å²) in [4.78, 5) is 11.8. The molecule has 0 aliphatic rings. The van der Waals surface area contributed by atoms with Crippen LogP contribution in [0.25, 0.3) is 11.2 Å². The molecule has 0 atom stereocenters. The highest BCUT2D eigenvalue weighted by molar-refractivity contribution is 5.70. The topological polar surface area (TPSA) is 58.9 Å². The van der Waals surface area contributed by atoms with Gasteiger partial charge in [0.05, 0.1) is 6.20 Å². The fourth-order valence-corrected chi connectivity index (χ4v) is 0.847. The van der Waals surface area contributed by atoms with E-state index in [1.165, 1.54) is 12.3 Å². The maximum absolute atomic E-state index is 9.00. The summed E-state index contributed by atoms with van der Waals surface area (Å²) in [6.45, 7) is 0. The van der Waals surface area contributed by atoms with Crippen molar-refractivity contribution in [3.8, 4) is 5.75 Å². The van der Waals surface area contributed by atoms with Crippen LogP contribution < -0.4 is 0 Å². The second-order valence-electron chi connectivity index (χ2n) is 2.09. The van der Waals surface area contributed by atoms with E-state index in [9.17, 15) is 0 Å². The molecule has 0 radical (unpaired) electrons. The average Bonchev–Trinajstić information content (AvgIpc) is 2.04. The molecule has 2 aromatic heterocycles. The molecule has 0 saturated heterocycles. The molecule has 0 bridgehead atoms. The van der Waals surface area contributed by atoms with E-state index in [4.69, 9.17) is 5.11 Å². The van der Waals surface area contributed by atoms with Crippen LogP contribution in [0, 0.1) is 0 Å². The van der Waals surface area contributed by atoms with Gasteiger partial charge in [0.1, 0.15) is 11.3 Å². The third-order valence-corrected chi connectivity index (χ3v) is 1.31. The lowest BCUT2D eigenvalue weighted by Gasteiger charge is -1.93. The number of hydrogen-bond acceptors (Lipinski definition) is 4. The molecule has 0 aliphatic heterocycles. The van der Waals surface area contributed by atoms with Crippen LogP contribution >= 0.6 is 0 Å². The molecule has 1 N–H and O–H groups in total. The minimum Gasteiger partial charge on any atom is -0.506 e. The molecule has 0 unspecified atom stereocenters. The van der Waals surface area contributed by atoms with Gasteiger partial charge in [-0.3, -0.25) is 4.98 Å². The predicted molar refractivity (Wildman–Crippen MR) is 39.0 cm³/mol. The van der Waals surface area contributed by atoms with E-state index >= 15 is 0 Å². The second kappa shape index (κ2) is 2.16. The van der Waals surface area contributed by atoms with Crippen molar-refractivity contribution in [3.63, 3.8) is 0 Å². The molecule has 4 nitrogen and oxygen atoms in total. The molecule has 2 heterocycles. The zero-order valence-electron chi connectivity index (χ0n) is 5.60. The summed E-state index contributed by atoms with van der Waals surface area (Å²) in [6.07, 6.45) is 4.47. The highest BCUT2D eigenvalue weighted by atomic mass is 16.3. The van der Waals surface area contributed by atoms with Crippen molar-refractivity contribution < 1.29 is 5.11 Å². The molecular formula is C7H5N3O. The van der Waals surface area contributed by atoms with Crippen LogP contribution in [0.3, 0.4) is 0 Å². The molecule has 0 amide bonds. The van der Waals surface area contributed by atoms with Crippen LogP contribution in [0.2, 0.25) is 0 Å². The van der Waals surface area contributed by atoms with Crippen molar-refractivity contribution in [1.29, 1.82) is 0 Å². The zero-order valence-corrected chi connectivity index (χ0v) is 5.60. The van der Waals surface area contributed by atoms with Crippen molar-refractivity contribution in [2.45, 2.75) is 0 Å². The summed E-state index contributed by atoms with van der Waals surface area (Å²) in [5.41, 5.74) is 1.15. The lowest BCUT2D eigenvalue weighted by Crippen LogP contribution is -1.84. The zero-order chi connectivity index (χ0) is 7.68. The first kappa shape index (κ1) is 6.03. The van der Waals surface area contributed by atoms with Crippen LogP contribution in [0.1, 0.15) is 0 Å². The number of hydrogen-bond donors (Lipinski definition) is 1. The Morgan fingerprint density at radius 1 is 1.09 bits per heavy atom. The normalized spacial score (nSPS) is 10.2. The maximum Gasteiger partial charge on any atom is 0.178 e. The largest absolute Gasteiger partial charge is 0.506 e. The van der Waals surface area contributed by atoms with Gasteiger partial charge in [-0.15, -0.1) is 0 Å². The quantitative estimate of drug-likeness (QED) is 0.596. The first-order chi connectivity index (χ1) is 5.36. The van der Waals surface area contributed by atoms with E-state index in [-0.39, 0.29) is 5.75 Å². The van der Waals surface area contributed by atoms with Gasteiger partial charge in [0.2, 0.25) is 0 Å². The molecule has 2 aromatic rings. The second-order valence-corrected chi connectivity index (χ2v) is 2.09. The monoisotopic (exact) mass is 147 g/mol. The van der Waals surface area contributed by atoms with Crippen molar-refractivity contribution in [3.05, 3.63) is 24.7 Å². The highest BCUT2D eigenvalue weighted by Crippen LogP contribution is 2.11. The molecule has 4 heteroatoms. The smallest absolute Gasteiger partial charge is 0.178 e. The van der Waals surface area contributed by atoms with Gasteiger partial charge in [0.15, 0.2) is 5.65 Å². The Bertz CT molecular complexity index is 388. The molecule has 54 valence electrons. The van der Waals surface area contributed by atoms with E-state index in [1.54, 1.807) is 12.4 Å². The van der Waals surface area contributed by atoms with Crippen molar-refractivity contribution >= 4 is 11.2 Å². The number of rotatable bonds is 0. The van der Waals surface area contributed by atoms with Gasteiger partial charge in [-0.25, -0.2) is 9.97 Å². The summed E-state index contributed by atoms with van der Waals surface area (Å²) >= 11 is 0. The van der Waals surface area contributed by atoms with Crippen LogP contribution in [0.4, 0.5) is 0 Å². The van der Waals surface area contributed by atoms with Gasteiger partial charge in [0, 0.05) is 18.5 Å². The molecule has 0 spiro atoms. The molecule has 11 heavy (non-hydrogen) atoms. The Hall–Kier alpha value is -1.71. The number of pyridine rings is 1. The van der Waals surface area contributed by atoms with Gasteiger partial charge < -0.3 is 5.11 Å². The van der Waals surface area contributed by atoms with Crippen molar-refractivity contribution in [2.24, 2.45) is 0 Å². The van der Waals surface area contributed by atoms with Gasteiger partial charge in [0.25, 0.3) is 0 Å². The van der Waals surface area contributed by atoms with E-state index in [0.717, 1.165) is 0 Å². The number of aromatic nitrogens is 3. The lowest BCUT2D eigenvalue weighted by molar-refractivity contribution is 0.473. The molecule has 0 saturated carbocycles. The van der Waals surface area contributed by atoms with E-state index in [1.807, 2.05) is 0 Å². The van der Waals surface area contributed by atoms with Crippen molar-refractivity contribution in [1.82, 2.24) is 15.0 Å². The molecule has 0 fully saturated rings. The van der Waals surface area contributed by atoms with Crippen LogP contribution in [0.15, 0.2) is 24.7 Å². The first-order valence-electron chi connectivity index (χ1n) is 3.12. The minimum atomic E-state index is 0.109. The third kappa shape index (κ3) is 0.980. The van der Waals surface area contributed by atoms with Gasteiger partial charge in [-0.2, -0.15) is 0 Å². The Labute approximate surface area is 62.6 Å². The van der Waals surface area contributed by atoms with Gasteiger partial charge >= 0.3 is 0 Å². The summed E-state index contributed by atoms with van der Waals surface area (Å²) < 4.78 is 0. The lowest BCUT2D eigenvalue weighted by atomic mass is 10.4. The highest BCUT2D eigenvalue weighted by Gasteiger charge is 1.95. The summed E-state index contributed by atoms with van der Waals surface area (Å²) in [7, 11) is 0. The van der Waals surface area contributed by atoms with Gasteiger partial charge in [-0.1, -0.05) is 0 Å². The Kier molecular flexibility index (Phi) is 1.18. The fourth-order valence-electron chi connectivity index (χ4n) is 0.847.